The van der Waals surface area contributed by atoms with Crippen LogP contribution in [0.4, 0.5) is 0 Å². The van der Waals surface area contributed by atoms with Gasteiger partial charge in [-0.25, -0.2) is 0 Å². The van der Waals surface area contributed by atoms with Crippen molar-refractivity contribution < 1.29 is 0 Å². The molecule has 0 bridgehead atoms. The van der Waals surface area contributed by atoms with Crippen LogP contribution >= 0.6 is 0 Å². The third-order valence-electron chi connectivity index (χ3n) is 9.06. The summed E-state index contributed by atoms with van der Waals surface area (Å²) in [7, 11) is -10.5. The Morgan fingerprint density at radius 3 is 0.816 bits per heavy atom. The molecule has 0 saturated heterocycles. The summed E-state index contributed by atoms with van der Waals surface area (Å²) in [6.07, 6.45) is 0. The van der Waals surface area contributed by atoms with Crippen molar-refractivity contribution in [3.05, 3.63) is 28.8 Å². The standard InChI is InChI=1S/C30H67Si7.Bi/c1-31(2,3)28(32(4,5)6)25-22-26(29(33(7,8)9)34(10,11)12)24-27(23-25)30(35(13,14)15,36(16,17)18)37(19,20)21;/h23-24,28-29H,1-21H3;. The molecule has 0 aliphatic heterocycles. The number of benzene rings is 1. The molecule has 0 amide bonds. The molecule has 0 aromatic heterocycles. The maximum atomic E-state index is 2.92. The van der Waals surface area contributed by atoms with E-state index in [0.717, 1.165) is 10.3 Å². The Hall–Kier alpha value is 1.62. The number of hydrogen-bond acceptors (Lipinski definition) is 0. The van der Waals surface area contributed by atoms with E-state index >= 15 is 0 Å². The molecule has 0 nitrogen and oxygen atoms in total. The Balaban J connectivity index is 4.70. The zero-order valence-electron chi connectivity index (χ0n) is 29.8. The minimum absolute atomic E-state index is 0.440. The molecule has 0 saturated carbocycles. The SMILES string of the molecule is C[Si](C)(C)C(c1cc(C([Si](C)(C)C)([Si](C)(C)C)[Si](C)(C)C)cc(C([Si](C)(C)C)[Si](C)(C)C)[c]1[Bi])[Si](C)(C)C. The van der Waals surface area contributed by atoms with Crippen LogP contribution in [0.25, 0.3) is 0 Å². The molecule has 0 heterocycles. The summed E-state index contributed by atoms with van der Waals surface area (Å²) in [5.41, 5.74) is 5.53. The van der Waals surface area contributed by atoms with E-state index in [0.29, 0.717) is 4.28 Å². The summed E-state index contributed by atoms with van der Waals surface area (Å²) in [6.45, 7) is 56.7. The quantitative estimate of drug-likeness (QED) is 0.206. The van der Waals surface area contributed by atoms with Gasteiger partial charge in [-0.15, -0.1) is 0 Å². The Bertz CT molecular complexity index is 866. The monoisotopic (exact) mass is 832 g/mol. The fourth-order valence-corrected chi connectivity index (χ4v) is 69.4. The molecule has 0 atom stereocenters. The molecule has 0 fully saturated rings. The number of rotatable bonds is 10. The summed E-state index contributed by atoms with van der Waals surface area (Å²) in [5, 5.41) is 1.64. The third kappa shape index (κ3) is 7.39. The molecule has 0 N–H and O–H groups in total. The van der Waals surface area contributed by atoms with Crippen molar-refractivity contribution in [3.63, 3.8) is 0 Å². The van der Waals surface area contributed by atoms with Gasteiger partial charge in [-0.2, -0.15) is 0 Å². The average molecular weight is 833 g/mol. The Morgan fingerprint density at radius 1 is 0.447 bits per heavy atom. The van der Waals surface area contributed by atoms with Crippen LogP contribution in [0.1, 0.15) is 27.0 Å². The van der Waals surface area contributed by atoms with Gasteiger partial charge in [0, 0.05) is 0 Å². The Labute approximate surface area is 263 Å². The van der Waals surface area contributed by atoms with Gasteiger partial charge < -0.3 is 0 Å². The molecule has 1 aromatic carbocycles. The molecule has 0 unspecified atom stereocenters. The molecule has 1 aromatic rings. The van der Waals surface area contributed by atoms with Gasteiger partial charge in [0.2, 0.25) is 0 Å². The van der Waals surface area contributed by atoms with Crippen LogP contribution in [0.3, 0.4) is 0 Å². The minimum atomic E-state index is -1.59. The Morgan fingerprint density at radius 2 is 0.658 bits per heavy atom. The predicted octanol–water partition coefficient (Wildman–Crippen LogP) is 10.0. The van der Waals surface area contributed by atoms with Gasteiger partial charge in [-0.05, 0) is 0 Å². The second-order valence-electron chi connectivity index (χ2n) is 19.8. The summed E-state index contributed by atoms with van der Waals surface area (Å²) in [4.78, 5) is 0. The zero-order valence-corrected chi connectivity index (χ0v) is 40.2. The van der Waals surface area contributed by atoms with Crippen LogP contribution < -0.4 is 3.27 Å². The molecular weight excluding hydrogens is 766 g/mol. The summed E-state index contributed by atoms with van der Waals surface area (Å²) in [6, 6.07) is 5.83. The van der Waals surface area contributed by atoms with Gasteiger partial charge in [0.25, 0.3) is 0 Å². The van der Waals surface area contributed by atoms with Crippen molar-refractivity contribution in [2.75, 3.05) is 0 Å². The first-order valence-corrected chi connectivity index (χ1v) is 41.7. The van der Waals surface area contributed by atoms with Crippen LogP contribution in [0, 0.1) is 0 Å². The van der Waals surface area contributed by atoms with Gasteiger partial charge in [0.05, 0.1) is 0 Å². The molecule has 38 heavy (non-hydrogen) atoms. The summed E-state index contributed by atoms with van der Waals surface area (Å²) >= 11 is 1.46. The second-order valence-corrected chi connectivity index (χ2v) is 61.2. The van der Waals surface area contributed by atoms with Crippen LogP contribution in [0.2, 0.25) is 137 Å². The van der Waals surface area contributed by atoms with E-state index in [2.05, 4.69) is 150 Å². The first-order chi connectivity index (χ1) is 16.2. The fourth-order valence-electron chi connectivity index (χ4n) is 10.5. The van der Waals surface area contributed by atoms with Crippen molar-refractivity contribution in [2.24, 2.45) is 0 Å². The number of hydrogen-bond donors (Lipinski definition) is 0. The van der Waals surface area contributed by atoms with E-state index in [9.17, 15) is 0 Å². The molecule has 0 spiro atoms. The van der Waals surface area contributed by atoms with Crippen molar-refractivity contribution in [1.29, 1.82) is 0 Å². The molecule has 0 aliphatic rings. The zero-order chi connectivity index (χ0) is 30.9. The van der Waals surface area contributed by atoms with E-state index in [1.807, 2.05) is 20.0 Å². The summed E-state index contributed by atoms with van der Waals surface area (Å²) in [5.74, 6) is 0. The molecule has 2 radical (unpaired) electrons. The Kier molecular flexibility index (Phi) is 11.2. The molecule has 220 valence electrons. The van der Waals surface area contributed by atoms with E-state index < -0.39 is 56.5 Å². The molecule has 0 aliphatic carbocycles. The molecular formula is C30H67BiSi7. The average Bonchev–Trinajstić information content (AvgIpc) is 2.49. The van der Waals surface area contributed by atoms with E-state index in [4.69, 9.17) is 0 Å². The van der Waals surface area contributed by atoms with Crippen molar-refractivity contribution in [3.8, 4) is 0 Å². The van der Waals surface area contributed by atoms with Gasteiger partial charge >= 0.3 is 265 Å². The van der Waals surface area contributed by atoms with Crippen LogP contribution in [0.15, 0.2) is 12.1 Å². The van der Waals surface area contributed by atoms with Gasteiger partial charge in [-0.1, -0.05) is 0 Å². The van der Waals surface area contributed by atoms with Gasteiger partial charge in [0.15, 0.2) is 0 Å². The fraction of sp³-hybridized carbons (Fsp3) is 0.800. The first kappa shape index (κ1) is 37.6. The van der Waals surface area contributed by atoms with E-state index in [-0.39, 0.29) is 0 Å². The van der Waals surface area contributed by atoms with Gasteiger partial charge in [-0.3, -0.25) is 0 Å². The predicted molar refractivity (Wildman–Crippen MR) is 202 cm³/mol. The first-order valence-electron chi connectivity index (χ1n) is 15.1. The third-order valence-corrected chi connectivity index (χ3v) is 50.8. The van der Waals surface area contributed by atoms with Gasteiger partial charge in [0.1, 0.15) is 0 Å². The molecule has 8 heteroatoms. The second kappa shape index (κ2) is 11.3. The normalized spacial score (nSPS) is 15.6. The maximum absolute atomic E-state index is 2.92. The molecule has 1 rings (SSSR count). The van der Waals surface area contributed by atoms with E-state index in [1.54, 1.807) is 0 Å². The van der Waals surface area contributed by atoms with Crippen LogP contribution in [-0.2, 0) is 4.28 Å². The van der Waals surface area contributed by atoms with Crippen molar-refractivity contribution >= 4 is 84.5 Å². The van der Waals surface area contributed by atoms with Crippen molar-refractivity contribution in [1.82, 2.24) is 0 Å². The van der Waals surface area contributed by atoms with E-state index in [1.165, 1.54) is 24.7 Å². The summed E-state index contributed by atoms with van der Waals surface area (Å²) < 4.78 is 2.25. The topological polar surface area (TPSA) is 0 Å². The van der Waals surface area contributed by atoms with Crippen molar-refractivity contribution in [2.45, 2.75) is 152 Å². The van der Waals surface area contributed by atoms with Crippen LogP contribution in [0.5, 0.6) is 0 Å². The van der Waals surface area contributed by atoms with Crippen LogP contribution in [-0.4, -0.2) is 81.2 Å².